The summed E-state index contributed by atoms with van der Waals surface area (Å²) in [5.74, 6) is -1.98. The van der Waals surface area contributed by atoms with Crippen LogP contribution in [-0.4, -0.2) is 36.0 Å². The van der Waals surface area contributed by atoms with Crippen LogP contribution in [0.25, 0.3) is 0 Å². The van der Waals surface area contributed by atoms with Crippen LogP contribution in [-0.2, 0) is 16.1 Å². The molecular formula is C14H18N2O3. The maximum Gasteiger partial charge on any atom is 0.307 e. The van der Waals surface area contributed by atoms with Gasteiger partial charge in [-0.15, -0.1) is 0 Å². The lowest BCUT2D eigenvalue weighted by molar-refractivity contribution is -0.139. The van der Waals surface area contributed by atoms with Gasteiger partial charge in [0.15, 0.2) is 0 Å². The van der Waals surface area contributed by atoms with E-state index >= 15 is 0 Å². The van der Waals surface area contributed by atoms with Crippen LogP contribution in [0.4, 0.5) is 5.69 Å². The number of rotatable bonds is 5. The van der Waals surface area contributed by atoms with E-state index in [9.17, 15) is 9.59 Å². The number of hydrogen-bond donors (Lipinski definition) is 2. The van der Waals surface area contributed by atoms with Crippen molar-refractivity contribution in [1.82, 2.24) is 4.90 Å². The minimum absolute atomic E-state index is 0.200. The molecule has 0 aromatic heterocycles. The number of amides is 1. The third-order valence-corrected chi connectivity index (χ3v) is 3.14. The fourth-order valence-corrected chi connectivity index (χ4v) is 2.11. The number of nitrogens with one attached hydrogen (secondary N) is 1. The molecule has 2 atom stereocenters. The van der Waals surface area contributed by atoms with Crippen LogP contribution in [0.5, 0.6) is 0 Å². The number of carboxylic acid groups (broad SMARTS) is 1. The average molecular weight is 262 g/mol. The summed E-state index contributed by atoms with van der Waals surface area (Å²) in [5.41, 5.74) is 1.83. The molecule has 0 radical (unpaired) electrons. The molecule has 0 bridgehead atoms. The van der Waals surface area contributed by atoms with E-state index in [-0.39, 0.29) is 11.8 Å². The maximum atomic E-state index is 11.8. The summed E-state index contributed by atoms with van der Waals surface area (Å²) in [6, 6.07) is 7.61. The molecule has 0 aliphatic heterocycles. The SMILES string of the molecule is CN(C)Cc1cccc(NC(=O)[C@@H]2C[C@@H]2C(=O)O)c1. The van der Waals surface area contributed by atoms with Gasteiger partial charge in [0, 0.05) is 12.2 Å². The first-order valence-electron chi connectivity index (χ1n) is 6.24. The standard InChI is InChI=1S/C14H18N2O3/c1-16(2)8-9-4-3-5-10(6-9)15-13(17)11-7-12(11)14(18)19/h3-6,11-12H,7-8H2,1-2H3,(H,15,17)(H,18,19)/t11-,12+/m1/s1. The van der Waals surface area contributed by atoms with Gasteiger partial charge in [-0.1, -0.05) is 12.1 Å². The van der Waals surface area contributed by atoms with Crippen molar-refractivity contribution in [3.8, 4) is 0 Å². The molecular weight excluding hydrogens is 244 g/mol. The molecule has 1 aromatic carbocycles. The molecule has 5 nitrogen and oxygen atoms in total. The van der Waals surface area contributed by atoms with Crippen molar-refractivity contribution in [2.75, 3.05) is 19.4 Å². The van der Waals surface area contributed by atoms with Gasteiger partial charge in [-0.3, -0.25) is 9.59 Å². The number of anilines is 1. The number of benzene rings is 1. The first-order valence-corrected chi connectivity index (χ1v) is 6.24. The highest BCUT2D eigenvalue weighted by Gasteiger charge is 2.48. The highest BCUT2D eigenvalue weighted by atomic mass is 16.4. The highest BCUT2D eigenvalue weighted by molar-refractivity contribution is 5.98. The Labute approximate surface area is 112 Å². The number of aliphatic carboxylic acids is 1. The van der Waals surface area contributed by atoms with Crippen molar-refractivity contribution in [1.29, 1.82) is 0 Å². The summed E-state index contributed by atoms with van der Waals surface area (Å²) in [7, 11) is 3.96. The molecule has 5 heteroatoms. The Morgan fingerprint density at radius 3 is 2.68 bits per heavy atom. The summed E-state index contributed by atoms with van der Waals surface area (Å²) in [5, 5.41) is 11.6. The van der Waals surface area contributed by atoms with Gasteiger partial charge >= 0.3 is 5.97 Å². The summed E-state index contributed by atoms with van der Waals surface area (Å²) in [6.45, 7) is 0.797. The van der Waals surface area contributed by atoms with E-state index < -0.39 is 11.9 Å². The van der Waals surface area contributed by atoms with E-state index in [1.807, 2.05) is 43.3 Å². The van der Waals surface area contributed by atoms with Gasteiger partial charge in [-0.25, -0.2) is 0 Å². The fraction of sp³-hybridized carbons (Fsp3) is 0.429. The second-order valence-electron chi connectivity index (χ2n) is 5.21. The van der Waals surface area contributed by atoms with Crippen LogP contribution in [0.2, 0.25) is 0 Å². The molecule has 1 aliphatic rings. The minimum atomic E-state index is -0.887. The van der Waals surface area contributed by atoms with E-state index in [0.717, 1.165) is 17.8 Å². The molecule has 0 saturated heterocycles. The molecule has 2 rings (SSSR count). The quantitative estimate of drug-likeness (QED) is 0.841. The molecule has 19 heavy (non-hydrogen) atoms. The van der Waals surface area contributed by atoms with Crippen LogP contribution in [0, 0.1) is 11.8 Å². The van der Waals surface area contributed by atoms with Crippen LogP contribution >= 0.6 is 0 Å². The molecule has 2 N–H and O–H groups in total. The van der Waals surface area contributed by atoms with Crippen LogP contribution in [0.15, 0.2) is 24.3 Å². The molecule has 1 aromatic rings. The van der Waals surface area contributed by atoms with Crippen molar-refractivity contribution in [3.05, 3.63) is 29.8 Å². The van der Waals surface area contributed by atoms with E-state index in [4.69, 9.17) is 5.11 Å². The average Bonchev–Trinajstić information content (AvgIpc) is 3.08. The molecule has 1 aliphatic carbocycles. The summed E-state index contributed by atoms with van der Waals surface area (Å²) >= 11 is 0. The number of carboxylic acids is 1. The molecule has 0 spiro atoms. The fourth-order valence-electron chi connectivity index (χ4n) is 2.11. The normalized spacial score (nSPS) is 21.2. The zero-order valence-corrected chi connectivity index (χ0v) is 11.1. The Morgan fingerprint density at radius 2 is 2.11 bits per heavy atom. The van der Waals surface area contributed by atoms with Crippen LogP contribution < -0.4 is 5.32 Å². The first kappa shape index (κ1) is 13.5. The maximum absolute atomic E-state index is 11.8. The Bertz CT molecular complexity index is 499. The largest absolute Gasteiger partial charge is 0.481 e. The van der Waals surface area contributed by atoms with Crippen molar-refractivity contribution in [2.45, 2.75) is 13.0 Å². The van der Waals surface area contributed by atoms with E-state index in [2.05, 4.69) is 5.32 Å². The van der Waals surface area contributed by atoms with Gasteiger partial charge < -0.3 is 15.3 Å². The van der Waals surface area contributed by atoms with Crippen molar-refractivity contribution < 1.29 is 14.7 Å². The van der Waals surface area contributed by atoms with Gasteiger partial charge in [0.25, 0.3) is 0 Å². The van der Waals surface area contributed by atoms with Crippen molar-refractivity contribution in [3.63, 3.8) is 0 Å². The molecule has 102 valence electrons. The Hall–Kier alpha value is -1.88. The molecule has 1 saturated carbocycles. The van der Waals surface area contributed by atoms with Gasteiger partial charge in [-0.2, -0.15) is 0 Å². The Kier molecular flexibility index (Phi) is 3.85. The second kappa shape index (κ2) is 5.40. The smallest absolute Gasteiger partial charge is 0.307 e. The zero-order chi connectivity index (χ0) is 14.0. The lowest BCUT2D eigenvalue weighted by Crippen LogP contribution is -2.17. The van der Waals surface area contributed by atoms with Gasteiger partial charge in [0.2, 0.25) is 5.91 Å². The second-order valence-corrected chi connectivity index (χ2v) is 5.21. The first-order chi connectivity index (χ1) is 8.97. The summed E-state index contributed by atoms with van der Waals surface area (Å²) in [6.07, 6.45) is 0.443. The Balaban J connectivity index is 1.96. The molecule has 0 unspecified atom stereocenters. The van der Waals surface area contributed by atoms with Gasteiger partial charge in [0.05, 0.1) is 11.8 Å². The molecule has 1 amide bonds. The summed E-state index contributed by atoms with van der Waals surface area (Å²) < 4.78 is 0. The predicted octanol–water partition coefficient (Wildman–Crippen LogP) is 1.41. The van der Waals surface area contributed by atoms with Crippen molar-refractivity contribution >= 4 is 17.6 Å². The Morgan fingerprint density at radius 1 is 1.37 bits per heavy atom. The van der Waals surface area contributed by atoms with Crippen LogP contribution in [0.3, 0.4) is 0 Å². The van der Waals surface area contributed by atoms with Crippen molar-refractivity contribution in [2.24, 2.45) is 11.8 Å². The number of carbonyl (C=O) groups is 2. The summed E-state index contributed by atoms with van der Waals surface area (Å²) in [4.78, 5) is 24.6. The van der Waals surface area contributed by atoms with E-state index in [0.29, 0.717) is 6.42 Å². The number of hydrogen-bond acceptors (Lipinski definition) is 3. The third-order valence-electron chi connectivity index (χ3n) is 3.14. The van der Waals surface area contributed by atoms with E-state index in [1.54, 1.807) is 0 Å². The van der Waals surface area contributed by atoms with E-state index in [1.165, 1.54) is 0 Å². The highest BCUT2D eigenvalue weighted by Crippen LogP contribution is 2.39. The lowest BCUT2D eigenvalue weighted by atomic mass is 10.2. The van der Waals surface area contributed by atoms with Gasteiger partial charge in [0.1, 0.15) is 0 Å². The number of nitrogens with zero attached hydrogens (tertiary/aromatic N) is 1. The molecule has 1 fully saturated rings. The zero-order valence-electron chi connectivity index (χ0n) is 11.1. The lowest BCUT2D eigenvalue weighted by Gasteiger charge is -2.11. The topological polar surface area (TPSA) is 69.6 Å². The third kappa shape index (κ3) is 3.54. The minimum Gasteiger partial charge on any atom is -0.481 e. The predicted molar refractivity (Wildman–Crippen MR) is 71.7 cm³/mol. The number of carbonyl (C=O) groups excluding carboxylic acids is 1. The monoisotopic (exact) mass is 262 g/mol. The van der Waals surface area contributed by atoms with Crippen LogP contribution in [0.1, 0.15) is 12.0 Å². The molecule has 0 heterocycles. The van der Waals surface area contributed by atoms with Gasteiger partial charge in [-0.05, 0) is 38.2 Å².